The van der Waals surface area contributed by atoms with E-state index in [2.05, 4.69) is 15.6 Å². The normalized spacial score (nSPS) is 14.2. The maximum atomic E-state index is 11.8. The standard InChI is InChI=1S/C20H32N4O3.HI/c1-5-21-20(23-14-19(25)24(2)3)22-13-15-10-11-17(26-4)12-18(15)27-16-8-6-7-9-16;/h10-12,16H,5-9,13-14H2,1-4H3,(H2,21,22,23);1H. The number of hydrogen-bond acceptors (Lipinski definition) is 4. The molecule has 1 aromatic rings. The summed E-state index contributed by atoms with van der Waals surface area (Å²) in [5.41, 5.74) is 0.999. The fourth-order valence-corrected chi connectivity index (χ4v) is 2.91. The number of carbonyl (C=O) groups excluding carboxylic acids is 1. The minimum absolute atomic E-state index is 0. The van der Waals surface area contributed by atoms with E-state index in [-0.39, 0.29) is 42.5 Å². The van der Waals surface area contributed by atoms with Crippen LogP contribution in [0.15, 0.2) is 23.2 Å². The number of methoxy groups -OCH3 is 1. The lowest BCUT2D eigenvalue weighted by Crippen LogP contribution is -2.42. The van der Waals surface area contributed by atoms with Crippen molar-refractivity contribution in [3.05, 3.63) is 23.8 Å². The third-order valence-electron chi connectivity index (χ3n) is 4.53. The molecule has 1 amide bonds. The SMILES string of the molecule is CCNC(=NCc1ccc(OC)cc1OC1CCCC1)NCC(=O)N(C)C.I. The molecule has 0 spiro atoms. The van der Waals surface area contributed by atoms with Gasteiger partial charge in [-0.2, -0.15) is 0 Å². The van der Waals surface area contributed by atoms with Gasteiger partial charge in [0.1, 0.15) is 11.5 Å². The summed E-state index contributed by atoms with van der Waals surface area (Å²) >= 11 is 0. The van der Waals surface area contributed by atoms with Crippen LogP contribution in [0.2, 0.25) is 0 Å². The third-order valence-corrected chi connectivity index (χ3v) is 4.53. The highest BCUT2D eigenvalue weighted by Crippen LogP contribution is 2.30. The molecule has 1 fully saturated rings. The predicted octanol–water partition coefficient (Wildman–Crippen LogP) is 2.78. The van der Waals surface area contributed by atoms with Crippen molar-refractivity contribution in [1.29, 1.82) is 0 Å². The lowest BCUT2D eigenvalue weighted by atomic mass is 10.2. The number of guanidine groups is 1. The Balaban J connectivity index is 0.00000392. The molecule has 0 saturated heterocycles. The monoisotopic (exact) mass is 504 g/mol. The van der Waals surface area contributed by atoms with Gasteiger partial charge in [0.25, 0.3) is 0 Å². The molecule has 0 heterocycles. The van der Waals surface area contributed by atoms with E-state index >= 15 is 0 Å². The second kappa shape index (κ2) is 12.7. The average molecular weight is 504 g/mol. The molecule has 1 aromatic carbocycles. The third kappa shape index (κ3) is 7.73. The zero-order valence-electron chi connectivity index (χ0n) is 17.3. The Morgan fingerprint density at radius 1 is 1.25 bits per heavy atom. The van der Waals surface area contributed by atoms with Crippen molar-refractivity contribution >= 4 is 35.8 Å². The number of nitrogens with zero attached hydrogens (tertiary/aromatic N) is 2. The summed E-state index contributed by atoms with van der Waals surface area (Å²) in [5, 5.41) is 6.23. The Labute approximate surface area is 185 Å². The maximum Gasteiger partial charge on any atom is 0.241 e. The van der Waals surface area contributed by atoms with E-state index in [1.165, 1.54) is 12.8 Å². The molecule has 2 rings (SSSR count). The molecule has 1 saturated carbocycles. The van der Waals surface area contributed by atoms with Gasteiger partial charge < -0.3 is 25.0 Å². The van der Waals surface area contributed by atoms with Crippen LogP contribution in [0.25, 0.3) is 0 Å². The van der Waals surface area contributed by atoms with E-state index in [4.69, 9.17) is 9.47 Å². The molecule has 0 aliphatic heterocycles. The molecule has 0 bridgehead atoms. The highest BCUT2D eigenvalue weighted by Gasteiger charge is 2.18. The average Bonchev–Trinajstić information content (AvgIpc) is 3.17. The summed E-state index contributed by atoms with van der Waals surface area (Å²) in [7, 11) is 5.12. The summed E-state index contributed by atoms with van der Waals surface area (Å²) in [6.45, 7) is 3.37. The molecule has 7 nitrogen and oxygen atoms in total. The van der Waals surface area contributed by atoms with Crippen molar-refractivity contribution in [2.24, 2.45) is 4.99 Å². The van der Waals surface area contributed by atoms with Crippen molar-refractivity contribution in [2.45, 2.75) is 45.3 Å². The van der Waals surface area contributed by atoms with E-state index in [1.807, 2.05) is 25.1 Å². The largest absolute Gasteiger partial charge is 0.497 e. The summed E-state index contributed by atoms with van der Waals surface area (Å²) in [6, 6.07) is 5.84. The summed E-state index contributed by atoms with van der Waals surface area (Å²) in [6.07, 6.45) is 4.89. The Hall–Kier alpha value is -1.71. The van der Waals surface area contributed by atoms with Gasteiger partial charge in [-0.05, 0) is 44.7 Å². The van der Waals surface area contributed by atoms with Crippen molar-refractivity contribution in [1.82, 2.24) is 15.5 Å². The van der Waals surface area contributed by atoms with Crippen LogP contribution in [-0.2, 0) is 11.3 Å². The van der Waals surface area contributed by atoms with Gasteiger partial charge in [0.15, 0.2) is 5.96 Å². The van der Waals surface area contributed by atoms with Gasteiger partial charge in [-0.3, -0.25) is 4.79 Å². The van der Waals surface area contributed by atoms with Gasteiger partial charge in [-0.25, -0.2) is 4.99 Å². The highest BCUT2D eigenvalue weighted by molar-refractivity contribution is 14.0. The van der Waals surface area contributed by atoms with Gasteiger partial charge in [-0.15, -0.1) is 24.0 Å². The Morgan fingerprint density at radius 3 is 2.57 bits per heavy atom. The quantitative estimate of drug-likeness (QED) is 0.324. The zero-order chi connectivity index (χ0) is 19.6. The van der Waals surface area contributed by atoms with Gasteiger partial charge in [0, 0.05) is 32.3 Å². The molecular formula is C20H33IN4O3. The van der Waals surface area contributed by atoms with Gasteiger partial charge in [0.2, 0.25) is 5.91 Å². The second-order valence-electron chi connectivity index (χ2n) is 6.83. The molecule has 28 heavy (non-hydrogen) atoms. The predicted molar refractivity (Wildman–Crippen MR) is 123 cm³/mol. The highest BCUT2D eigenvalue weighted by atomic mass is 127. The first-order chi connectivity index (χ1) is 13.0. The van der Waals surface area contributed by atoms with Crippen molar-refractivity contribution < 1.29 is 14.3 Å². The topological polar surface area (TPSA) is 75.2 Å². The van der Waals surface area contributed by atoms with Crippen molar-refractivity contribution in [3.63, 3.8) is 0 Å². The number of amides is 1. The molecular weight excluding hydrogens is 471 g/mol. The van der Waals surface area contributed by atoms with Crippen LogP contribution in [0.5, 0.6) is 11.5 Å². The fraction of sp³-hybridized carbons (Fsp3) is 0.600. The Kier molecular flexibility index (Phi) is 11.0. The van der Waals surface area contributed by atoms with E-state index in [1.54, 1.807) is 26.1 Å². The number of aliphatic imine (C=N–C) groups is 1. The lowest BCUT2D eigenvalue weighted by Gasteiger charge is -2.17. The number of likely N-dealkylation sites (N-methyl/N-ethyl adjacent to an activating group) is 1. The zero-order valence-corrected chi connectivity index (χ0v) is 19.6. The van der Waals surface area contributed by atoms with Gasteiger partial charge in [0.05, 0.1) is 26.3 Å². The number of rotatable bonds is 8. The molecule has 0 unspecified atom stereocenters. The fourth-order valence-electron chi connectivity index (χ4n) is 2.91. The Morgan fingerprint density at radius 2 is 1.96 bits per heavy atom. The minimum atomic E-state index is -0.00435. The molecule has 8 heteroatoms. The van der Waals surface area contributed by atoms with Crippen LogP contribution < -0.4 is 20.1 Å². The molecule has 158 valence electrons. The summed E-state index contributed by atoms with van der Waals surface area (Å²) < 4.78 is 11.6. The van der Waals surface area contributed by atoms with Crippen molar-refractivity contribution in [3.8, 4) is 11.5 Å². The number of carbonyl (C=O) groups is 1. The van der Waals surface area contributed by atoms with Crippen LogP contribution in [0.1, 0.15) is 38.2 Å². The van der Waals surface area contributed by atoms with Crippen molar-refractivity contribution in [2.75, 3.05) is 34.3 Å². The summed E-state index contributed by atoms with van der Waals surface area (Å²) in [4.78, 5) is 17.9. The molecule has 1 aliphatic carbocycles. The number of benzene rings is 1. The van der Waals surface area contributed by atoms with Crippen LogP contribution in [-0.4, -0.2) is 57.2 Å². The minimum Gasteiger partial charge on any atom is -0.497 e. The molecule has 1 aliphatic rings. The van der Waals surface area contributed by atoms with Crippen LogP contribution in [0.4, 0.5) is 0 Å². The van der Waals surface area contributed by atoms with E-state index in [9.17, 15) is 4.79 Å². The van der Waals surface area contributed by atoms with Gasteiger partial charge >= 0.3 is 0 Å². The van der Waals surface area contributed by atoms with Gasteiger partial charge in [-0.1, -0.05) is 0 Å². The summed E-state index contributed by atoms with van der Waals surface area (Å²) in [5.74, 6) is 2.20. The number of halogens is 1. The lowest BCUT2D eigenvalue weighted by molar-refractivity contribution is -0.127. The molecule has 0 aromatic heterocycles. The molecule has 0 radical (unpaired) electrons. The maximum absolute atomic E-state index is 11.8. The first-order valence-electron chi connectivity index (χ1n) is 9.59. The van der Waals surface area contributed by atoms with Crippen LogP contribution >= 0.6 is 24.0 Å². The first kappa shape index (κ1) is 24.3. The molecule has 2 N–H and O–H groups in total. The Bertz CT molecular complexity index is 646. The second-order valence-corrected chi connectivity index (χ2v) is 6.83. The smallest absolute Gasteiger partial charge is 0.241 e. The van der Waals surface area contributed by atoms with Crippen LogP contribution in [0, 0.1) is 0 Å². The number of hydrogen-bond donors (Lipinski definition) is 2. The number of ether oxygens (including phenoxy) is 2. The first-order valence-corrected chi connectivity index (χ1v) is 9.59. The number of nitrogens with one attached hydrogen (secondary N) is 2. The van der Waals surface area contributed by atoms with Crippen LogP contribution in [0.3, 0.4) is 0 Å². The molecule has 0 atom stereocenters. The van der Waals surface area contributed by atoms with E-state index in [0.717, 1.165) is 36.4 Å². The van der Waals surface area contributed by atoms with E-state index in [0.29, 0.717) is 12.5 Å². The van der Waals surface area contributed by atoms with E-state index < -0.39 is 0 Å².